The van der Waals surface area contributed by atoms with E-state index in [9.17, 15) is 4.79 Å². The molecule has 0 bridgehead atoms. The number of anilines is 2. The number of hydrogen-bond donors (Lipinski definition) is 2. The molecule has 0 aliphatic rings. The molecule has 3 N–H and O–H groups in total. The van der Waals surface area contributed by atoms with Gasteiger partial charge in [-0.3, -0.25) is 4.79 Å². The first-order valence-electron chi connectivity index (χ1n) is 7.45. The first-order chi connectivity index (χ1) is 9.96. The average molecular weight is 313 g/mol. The van der Waals surface area contributed by atoms with E-state index in [0.29, 0.717) is 28.8 Å². The van der Waals surface area contributed by atoms with Crippen molar-refractivity contribution in [3.8, 4) is 5.75 Å². The molecule has 0 aromatic carbocycles. The number of nitrogen functional groups attached to an aromatic ring is 1. The molecule has 0 fully saturated rings. The fraction of sp³-hybridized carbons (Fsp3) is 0.667. The summed E-state index contributed by atoms with van der Waals surface area (Å²) in [6.45, 7) is 10.9. The van der Waals surface area contributed by atoms with Crippen molar-refractivity contribution in [2.24, 2.45) is 5.92 Å². The van der Waals surface area contributed by atoms with Gasteiger partial charge >= 0.3 is 0 Å². The highest BCUT2D eigenvalue weighted by Gasteiger charge is 2.24. The van der Waals surface area contributed by atoms with Crippen LogP contribution in [0.2, 0.25) is 0 Å². The quantitative estimate of drug-likeness (QED) is 0.774. The molecule has 0 radical (unpaired) electrons. The molecule has 1 aromatic rings. The van der Waals surface area contributed by atoms with Crippen molar-refractivity contribution in [1.29, 1.82) is 0 Å². The molecular weight excluding hydrogens is 286 g/mol. The summed E-state index contributed by atoms with van der Waals surface area (Å²) in [6, 6.07) is 0. The van der Waals surface area contributed by atoms with Crippen LogP contribution in [0, 0.1) is 5.92 Å². The third-order valence-corrected chi connectivity index (χ3v) is 4.33. The summed E-state index contributed by atoms with van der Waals surface area (Å²) in [5.74, 6) is 1.02. The van der Waals surface area contributed by atoms with Gasteiger partial charge < -0.3 is 20.7 Å². The Morgan fingerprint density at radius 3 is 2.57 bits per heavy atom. The van der Waals surface area contributed by atoms with Crippen molar-refractivity contribution in [1.82, 2.24) is 5.32 Å². The highest BCUT2D eigenvalue weighted by Crippen LogP contribution is 2.44. The lowest BCUT2D eigenvalue weighted by Crippen LogP contribution is -2.26. The van der Waals surface area contributed by atoms with Crippen LogP contribution < -0.4 is 20.7 Å². The molecule has 0 spiro atoms. The molecule has 1 amide bonds. The zero-order valence-electron chi connectivity index (χ0n) is 13.7. The van der Waals surface area contributed by atoms with Gasteiger partial charge in [0, 0.05) is 19.6 Å². The van der Waals surface area contributed by atoms with Crippen molar-refractivity contribution in [3.63, 3.8) is 0 Å². The Balaban J connectivity index is 3.12. The van der Waals surface area contributed by atoms with Crippen molar-refractivity contribution >= 4 is 27.9 Å². The predicted octanol–water partition coefficient (Wildman–Crippen LogP) is 2.96. The van der Waals surface area contributed by atoms with Crippen LogP contribution in [-0.2, 0) is 0 Å². The summed E-state index contributed by atoms with van der Waals surface area (Å²) in [5.41, 5.74) is 6.55. The van der Waals surface area contributed by atoms with Gasteiger partial charge in [0.25, 0.3) is 5.91 Å². The molecule has 5 nitrogen and oxygen atoms in total. The van der Waals surface area contributed by atoms with E-state index < -0.39 is 0 Å². The van der Waals surface area contributed by atoms with Gasteiger partial charge in [-0.2, -0.15) is 0 Å². The lowest BCUT2D eigenvalue weighted by Gasteiger charge is -2.24. The van der Waals surface area contributed by atoms with Gasteiger partial charge in [-0.1, -0.05) is 20.8 Å². The van der Waals surface area contributed by atoms with Crippen LogP contribution >= 0.6 is 11.3 Å². The van der Waals surface area contributed by atoms with E-state index in [2.05, 4.69) is 31.0 Å². The van der Waals surface area contributed by atoms with Gasteiger partial charge in [-0.15, -0.1) is 11.3 Å². The summed E-state index contributed by atoms with van der Waals surface area (Å²) in [7, 11) is 1.60. The van der Waals surface area contributed by atoms with E-state index >= 15 is 0 Å². The number of rotatable bonds is 8. The average Bonchev–Trinajstić information content (AvgIpc) is 2.78. The lowest BCUT2D eigenvalue weighted by molar-refractivity contribution is 0.0958. The number of ether oxygens (including phenoxy) is 1. The van der Waals surface area contributed by atoms with Crippen LogP contribution in [0.15, 0.2) is 0 Å². The van der Waals surface area contributed by atoms with E-state index in [1.54, 1.807) is 7.11 Å². The molecule has 0 aliphatic carbocycles. The molecular formula is C15H27N3O2S. The standard InChI is InChI=1S/C15H27N3O2S/c1-6-8-17-14(19)13-11(16)12(20-5)15(21-13)18(7-2)9-10(3)4/h10H,6-9,16H2,1-5H3,(H,17,19). The van der Waals surface area contributed by atoms with Crippen molar-refractivity contribution < 1.29 is 9.53 Å². The van der Waals surface area contributed by atoms with Crippen LogP contribution in [0.4, 0.5) is 10.7 Å². The molecule has 1 rings (SSSR count). The minimum Gasteiger partial charge on any atom is -0.492 e. The van der Waals surface area contributed by atoms with Crippen molar-refractivity contribution in [2.45, 2.75) is 34.1 Å². The van der Waals surface area contributed by atoms with Crippen LogP contribution in [0.1, 0.15) is 43.8 Å². The minimum atomic E-state index is -0.121. The third-order valence-electron chi connectivity index (χ3n) is 3.08. The molecule has 1 aromatic heterocycles. The van der Waals surface area contributed by atoms with E-state index in [1.165, 1.54) is 11.3 Å². The number of nitrogens with one attached hydrogen (secondary N) is 1. The Bertz CT molecular complexity index is 472. The smallest absolute Gasteiger partial charge is 0.263 e. The SMILES string of the molecule is CCCNC(=O)c1sc(N(CC)CC(C)C)c(OC)c1N. The van der Waals surface area contributed by atoms with Crippen molar-refractivity contribution in [2.75, 3.05) is 37.4 Å². The molecule has 120 valence electrons. The third kappa shape index (κ3) is 4.27. The Labute approximate surface area is 131 Å². The summed E-state index contributed by atoms with van der Waals surface area (Å²) < 4.78 is 5.44. The second-order valence-electron chi connectivity index (χ2n) is 5.37. The molecule has 0 saturated heterocycles. The van der Waals surface area contributed by atoms with Gasteiger partial charge in [0.1, 0.15) is 15.6 Å². The van der Waals surface area contributed by atoms with E-state index in [-0.39, 0.29) is 5.91 Å². The Hall–Kier alpha value is -1.43. The number of carbonyl (C=O) groups is 1. The topological polar surface area (TPSA) is 67.6 Å². The Kier molecular flexibility index (Phi) is 6.81. The van der Waals surface area contributed by atoms with Gasteiger partial charge in [0.2, 0.25) is 0 Å². The Morgan fingerprint density at radius 2 is 2.10 bits per heavy atom. The molecule has 21 heavy (non-hydrogen) atoms. The number of hydrogen-bond acceptors (Lipinski definition) is 5. The summed E-state index contributed by atoms with van der Waals surface area (Å²) in [4.78, 5) is 14.9. The summed E-state index contributed by atoms with van der Waals surface area (Å²) in [5, 5.41) is 3.81. The molecule has 0 unspecified atom stereocenters. The molecule has 0 atom stereocenters. The monoisotopic (exact) mass is 313 g/mol. The second kappa shape index (κ2) is 8.12. The first kappa shape index (κ1) is 17.6. The molecule has 0 aliphatic heterocycles. The number of methoxy groups -OCH3 is 1. The first-order valence-corrected chi connectivity index (χ1v) is 8.27. The van der Waals surface area contributed by atoms with Crippen LogP contribution in [0.3, 0.4) is 0 Å². The zero-order chi connectivity index (χ0) is 16.0. The van der Waals surface area contributed by atoms with Crippen molar-refractivity contribution in [3.05, 3.63) is 4.88 Å². The molecule has 1 heterocycles. The fourth-order valence-corrected chi connectivity index (χ4v) is 3.29. The highest BCUT2D eigenvalue weighted by atomic mass is 32.1. The predicted molar refractivity (Wildman–Crippen MR) is 90.6 cm³/mol. The summed E-state index contributed by atoms with van der Waals surface area (Å²) in [6.07, 6.45) is 0.898. The fourth-order valence-electron chi connectivity index (χ4n) is 2.11. The highest BCUT2D eigenvalue weighted by molar-refractivity contribution is 7.19. The van der Waals surface area contributed by atoms with Crippen LogP contribution in [-0.4, -0.2) is 32.7 Å². The maximum Gasteiger partial charge on any atom is 0.263 e. The molecule has 0 saturated carbocycles. The van der Waals surface area contributed by atoms with Gasteiger partial charge in [0.05, 0.1) is 7.11 Å². The van der Waals surface area contributed by atoms with E-state index in [4.69, 9.17) is 10.5 Å². The number of amides is 1. The van der Waals surface area contributed by atoms with Gasteiger partial charge in [0.15, 0.2) is 5.75 Å². The van der Waals surface area contributed by atoms with E-state index in [0.717, 1.165) is 24.5 Å². The number of nitrogens with zero attached hydrogens (tertiary/aromatic N) is 1. The number of thiophene rings is 1. The van der Waals surface area contributed by atoms with Crippen LogP contribution in [0.25, 0.3) is 0 Å². The zero-order valence-corrected chi connectivity index (χ0v) is 14.5. The minimum absolute atomic E-state index is 0.121. The molecule has 6 heteroatoms. The normalized spacial score (nSPS) is 10.8. The maximum atomic E-state index is 12.2. The van der Waals surface area contributed by atoms with Gasteiger partial charge in [-0.25, -0.2) is 0 Å². The Morgan fingerprint density at radius 1 is 1.43 bits per heavy atom. The van der Waals surface area contributed by atoms with Crippen LogP contribution in [0.5, 0.6) is 5.75 Å². The largest absolute Gasteiger partial charge is 0.492 e. The number of carbonyl (C=O) groups excluding carboxylic acids is 1. The maximum absolute atomic E-state index is 12.2. The number of nitrogens with two attached hydrogens (primary N) is 1. The van der Waals surface area contributed by atoms with Gasteiger partial charge in [-0.05, 0) is 19.3 Å². The second-order valence-corrected chi connectivity index (χ2v) is 6.37. The lowest BCUT2D eigenvalue weighted by atomic mass is 10.2. The van der Waals surface area contributed by atoms with E-state index in [1.807, 2.05) is 6.92 Å². The summed E-state index contributed by atoms with van der Waals surface area (Å²) >= 11 is 1.41.